The van der Waals surface area contributed by atoms with Gasteiger partial charge in [-0.15, -0.1) is 11.8 Å². The highest BCUT2D eigenvalue weighted by molar-refractivity contribution is 8.00. The SMILES string of the molecule is CCOC(=O)[C@H]1CCC/C1=N/NC(=O)[C@@H](C)Sc1ccccc1. The summed E-state index contributed by atoms with van der Waals surface area (Å²) < 4.78 is 5.05. The van der Waals surface area contributed by atoms with Crippen molar-refractivity contribution in [2.24, 2.45) is 11.0 Å². The molecule has 0 aromatic heterocycles. The zero-order valence-corrected chi connectivity index (χ0v) is 14.3. The van der Waals surface area contributed by atoms with Crippen molar-refractivity contribution in [1.82, 2.24) is 5.43 Å². The minimum Gasteiger partial charge on any atom is -0.465 e. The van der Waals surface area contributed by atoms with Crippen LogP contribution in [0.4, 0.5) is 0 Å². The summed E-state index contributed by atoms with van der Waals surface area (Å²) in [7, 11) is 0. The van der Waals surface area contributed by atoms with E-state index in [2.05, 4.69) is 10.5 Å². The Labute approximate surface area is 140 Å². The molecule has 124 valence electrons. The standard InChI is InChI=1S/C17H22N2O3S/c1-3-22-17(21)14-10-7-11-15(14)18-19-16(20)12(2)23-13-8-5-4-6-9-13/h4-6,8-9,12,14H,3,7,10-11H2,1-2H3,(H,19,20)/b18-15-/t12-,14+/m1/s1. The van der Waals surface area contributed by atoms with E-state index in [1.165, 1.54) is 11.8 Å². The lowest BCUT2D eigenvalue weighted by Crippen LogP contribution is -2.30. The maximum absolute atomic E-state index is 12.2. The number of hydrazone groups is 1. The van der Waals surface area contributed by atoms with Gasteiger partial charge in [0.15, 0.2) is 0 Å². The van der Waals surface area contributed by atoms with Crippen molar-refractivity contribution >= 4 is 29.4 Å². The number of rotatable bonds is 6. The van der Waals surface area contributed by atoms with E-state index in [4.69, 9.17) is 4.74 Å². The zero-order valence-electron chi connectivity index (χ0n) is 13.5. The number of amides is 1. The molecule has 6 heteroatoms. The second-order valence-electron chi connectivity index (χ2n) is 5.35. The molecule has 1 amide bonds. The van der Waals surface area contributed by atoms with Gasteiger partial charge in [0.05, 0.1) is 23.5 Å². The molecule has 1 aliphatic rings. The van der Waals surface area contributed by atoms with Gasteiger partial charge in [0.2, 0.25) is 0 Å². The van der Waals surface area contributed by atoms with Crippen LogP contribution in [-0.2, 0) is 14.3 Å². The molecule has 2 atom stereocenters. The van der Waals surface area contributed by atoms with Gasteiger partial charge in [0.25, 0.3) is 5.91 Å². The van der Waals surface area contributed by atoms with Crippen LogP contribution in [0.5, 0.6) is 0 Å². The van der Waals surface area contributed by atoms with Crippen LogP contribution in [0.3, 0.4) is 0 Å². The summed E-state index contributed by atoms with van der Waals surface area (Å²) >= 11 is 1.48. The Bertz CT molecular complexity index is 574. The number of ether oxygens (including phenoxy) is 1. The molecule has 0 aliphatic heterocycles. The van der Waals surface area contributed by atoms with Crippen LogP contribution in [0.25, 0.3) is 0 Å². The summed E-state index contributed by atoms with van der Waals surface area (Å²) in [6.07, 6.45) is 2.36. The molecular formula is C17H22N2O3S. The topological polar surface area (TPSA) is 67.8 Å². The molecule has 0 bridgehead atoms. The highest BCUT2D eigenvalue weighted by Crippen LogP contribution is 2.25. The van der Waals surface area contributed by atoms with E-state index in [1.807, 2.05) is 37.3 Å². The zero-order chi connectivity index (χ0) is 16.7. The Morgan fingerprint density at radius 2 is 2.13 bits per heavy atom. The van der Waals surface area contributed by atoms with Crippen molar-refractivity contribution in [2.75, 3.05) is 6.61 Å². The summed E-state index contributed by atoms with van der Waals surface area (Å²) in [5.41, 5.74) is 3.31. The molecule has 0 heterocycles. The van der Waals surface area contributed by atoms with Gasteiger partial charge in [-0.2, -0.15) is 5.10 Å². The number of nitrogens with one attached hydrogen (secondary N) is 1. The summed E-state index contributed by atoms with van der Waals surface area (Å²) in [5.74, 6) is -0.724. The molecule has 0 saturated heterocycles. The van der Waals surface area contributed by atoms with E-state index in [0.29, 0.717) is 12.3 Å². The Hall–Kier alpha value is -1.82. The van der Waals surface area contributed by atoms with Gasteiger partial charge < -0.3 is 4.74 Å². The Morgan fingerprint density at radius 1 is 1.39 bits per heavy atom. The molecule has 1 aromatic rings. The highest BCUT2D eigenvalue weighted by atomic mass is 32.2. The minimum absolute atomic E-state index is 0.166. The first-order valence-electron chi connectivity index (χ1n) is 7.86. The minimum atomic E-state index is -0.313. The molecule has 1 aromatic carbocycles. The monoisotopic (exact) mass is 334 g/mol. The third-order valence-corrected chi connectivity index (χ3v) is 4.75. The Morgan fingerprint density at radius 3 is 2.83 bits per heavy atom. The van der Waals surface area contributed by atoms with E-state index >= 15 is 0 Å². The van der Waals surface area contributed by atoms with Crippen LogP contribution in [0.2, 0.25) is 0 Å². The number of carbonyl (C=O) groups excluding carboxylic acids is 2. The molecular weight excluding hydrogens is 312 g/mol. The van der Waals surface area contributed by atoms with Crippen LogP contribution in [-0.4, -0.2) is 29.4 Å². The predicted molar refractivity (Wildman–Crippen MR) is 91.3 cm³/mol. The van der Waals surface area contributed by atoms with Crippen molar-refractivity contribution in [3.05, 3.63) is 30.3 Å². The first kappa shape index (κ1) is 17.5. The number of hydrogen-bond donors (Lipinski definition) is 1. The quantitative estimate of drug-likeness (QED) is 0.493. The van der Waals surface area contributed by atoms with Gasteiger partial charge in [0.1, 0.15) is 0 Å². The summed E-state index contributed by atoms with van der Waals surface area (Å²) in [6, 6.07) is 9.75. The lowest BCUT2D eigenvalue weighted by atomic mass is 10.1. The van der Waals surface area contributed by atoms with Crippen LogP contribution in [0.15, 0.2) is 40.3 Å². The normalized spacial score (nSPS) is 20.3. The maximum Gasteiger partial charge on any atom is 0.314 e. The molecule has 0 unspecified atom stereocenters. The van der Waals surface area contributed by atoms with Crippen LogP contribution >= 0.6 is 11.8 Å². The van der Waals surface area contributed by atoms with Gasteiger partial charge in [-0.1, -0.05) is 18.2 Å². The van der Waals surface area contributed by atoms with Crippen LogP contribution in [0.1, 0.15) is 33.1 Å². The third kappa shape index (κ3) is 5.10. The molecule has 1 aliphatic carbocycles. The van der Waals surface area contributed by atoms with Crippen LogP contribution < -0.4 is 5.43 Å². The molecule has 0 spiro atoms. The van der Waals surface area contributed by atoms with Crippen molar-refractivity contribution < 1.29 is 14.3 Å². The Balaban J connectivity index is 1.90. The van der Waals surface area contributed by atoms with Crippen molar-refractivity contribution in [3.63, 3.8) is 0 Å². The molecule has 5 nitrogen and oxygen atoms in total. The number of carbonyl (C=O) groups is 2. The summed E-state index contributed by atoms with van der Waals surface area (Å²) in [5, 5.41) is 3.91. The molecule has 23 heavy (non-hydrogen) atoms. The van der Waals surface area contributed by atoms with Gasteiger partial charge >= 0.3 is 5.97 Å². The van der Waals surface area contributed by atoms with E-state index in [0.717, 1.165) is 24.2 Å². The molecule has 1 N–H and O–H groups in total. The number of benzene rings is 1. The molecule has 0 radical (unpaired) electrons. The lowest BCUT2D eigenvalue weighted by Gasteiger charge is -2.12. The third-order valence-electron chi connectivity index (χ3n) is 3.63. The first-order chi connectivity index (χ1) is 11.1. The first-order valence-corrected chi connectivity index (χ1v) is 8.74. The summed E-state index contributed by atoms with van der Waals surface area (Å²) in [4.78, 5) is 25.0. The van der Waals surface area contributed by atoms with Crippen molar-refractivity contribution in [2.45, 2.75) is 43.3 Å². The fraction of sp³-hybridized carbons (Fsp3) is 0.471. The number of nitrogens with zero attached hydrogens (tertiary/aromatic N) is 1. The van der Waals surface area contributed by atoms with Gasteiger partial charge in [0, 0.05) is 4.90 Å². The van der Waals surface area contributed by atoms with Gasteiger partial charge in [-0.25, -0.2) is 5.43 Å². The summed E-state index contributed by atoms with van der Waals surface area (Å²) in [6.45, 7) is 3.98. The number of hydrogen-bond acceptors (Lipinski definition) is 5. The number of esters is 1. The Kier molecular flexibility index (Phi) is 6.65. The van der Waals surface area contributed by atoms with E-state index in [-0.39, 0.29) is 23.0 Å². The molecule has 1 fully saturated rings. The smallest absolute Gasteiger partial charge is 0.314 e. The second-order valence-corrected chi connectivity index (χ2v) is 6.76. The maximum atomic E-state index is 12.2. The fourth-order valence-electron chi connectivity index (χ4n) is 2.43. The van der Waals surface area contributed by atoms with E-state index in [9.17, 15) is 9.59 Å². The largest absolute Gasteiger partial charge is 0.465 e. The van der Waals surface area contributed by atoms with Gasteiger partial charge in [-0.05, 0) is 45.2 Å². The van der Waals surface area contributed by atoms with Crippen LogP contribution in [0, 0.1) is 5.92 Å². The van der Waals surface area contributed by atoms with Gasteiger partial charge in [-0.3, -0.25) is 9.59 Å². The van der Waals surface area contributed by atoms with Crippen molar-refractivity contribution in [1.29, 1.82) is 0 Å². The molecule has 1 saturated carbocycles. The predicted octanol–water partition coefficient (Wildman–Crippen LogP) is 3.00. The highest BCUT2D eigenvalue weighted by Gasteiger charge is 2.30. The van der Waals surface area contributed by atoms with E-state index < -0.39 is 0 Å². The molecule has 2 rings (SSSR count). The average molecular weight is 334 g/mol. The average Bonchev–Trinajstić information content (AvgIpc) is 3.02. The second kappa shape index (κ2) is 8.72. The lowest BCUT2D eigenvalue weighted by molar-refractivity contribution is -0.145. The van der Waals surface area contributed by atoms with E-state index in [1.54, 1.807) is 6.92 Å². The fourth-order valence-corrected chi connectivity index (χ4v) is 3.32. The van der Waals surface area contributed by atoms with Crippen molar-refractivity contribution in [3.8, 4) is 0 Å². The number of thioether (sulfide) groups is 1.